The molecule has 0 radical (unpaired) electrons. The maximum Gasteiger partial charge on any atom is 0.163 e. The molecule has 86 valence electrons. The Bertz CT molecular complexity index is 382. The van der Waals surface area contributed by atoms with Crippen LogP contribution in [0.15, 0.2) is 24.3 Å². The number of ketones is 1. The van der Waals surface area contributed by atoms with E-state index in [4.69, 9.17) is 0 Å². The lowest BCUT2D eigenvalue weighted by atomic mass is 10.0. The summed E-state index contributed by atoms with van der Waals surface area (Å²) in [7, 11) is 0. The van der Waals surface area contributed by atoms with Gasteiger partial charge in [-0.1, -0.05) is 38.1 Å². The largest absolute Gasteiger partial charge is 0.303 e. The monoisotopic (exact) mass is 217 g/mol. The summed E-state index contributed by atoms with van der Waals surface area (Å²) in [5.41, 5.74) is 2.19. The van der Waals surface area contributed by atoms with E-state index in [1.54, 1.807) is 0 Å². The molecule has 1 aliphatic carbocycles. The van der Waals surface area contributed by atoms with Gasteiger partial charge in [-0.3, -0.25) is 4.79 Å². The second kappa shape index (κ2) is 4.79. The van der Waals surface area contributed by atoms with Gasteiger partial charge in [-0.15, -0.1) is 0 Å². The number of hydrogen-bond donors (Lipinski definition) is 0. The molecule has 1 atom stereocenters. The smallest absolute Gasteiger partial charge is 0.163 e. The van der Waals surface area contributed by atoms with Gasteiger partial charge in [0.25, 0.3) is 0 Å². The Morgan fingerprint density at radius 1 is 1.25 bits per heavy atom. The van der Waals surface area contributed by atoms with Gasteiger partial charge < -0.3 is 4.90 Å². The number of benzene rings is 1. The maximum atomic E-state index is 11.8. The number of fused-ring (bicyclic) bond motifs is 1. The van der Waals surface area contributed by atoms with E-state index >= 15 is 0 Å². The Morgan fingerprint density at radius 2 is 1.94 bits per heavy atom. The first kappa shape index (κ1) is 11.3. The molecule has 0 unspecified atom stereocenters. The third-order valence-corrected chi connectivity index (χ3v) is 3.51. The van der Waals surface area contributed by atoms with E-state index in [2.05, 4.69) is 24.8 Å². The first-order chi connectivity index (χ1) is 7.76. The lowest BCUT2D eigenvalue weighted by Gasteiger charge is -2.22. The molecular formula is C14H19NO. The standard InChI is InChI=1S/C14H19NO/c1-3-15(4-2)10-11-9-14(16)13-8-6-5-7-12(11)13/h5-8,11H,3-4,9-10H2,1-2H3/t11-/m1/s1. The molecule has 0 saturated carbocycles. The highest BCUT2D eigenvalue weighted by atomic mass is 16.1. The lowest BCUT2D eigenvalue weighted by Crippen LogP contribution is -2.27. The zero-order valence-corrected chi connectivity index (χ0v) is 10.1. The van der Waals surface area contributed by atoms with E-state index in [1.165, 1.54) is 5.56 Å². The molecule has 16 heavy (non-hydrogen) atoms. The van der Waals surface area contributed by atoms with Crippen molar-refractivity contribution in [2.75, 3.05) is 19.6 Å². The van der Waals surface area contributed by atoms with Crippen molar-refractivity contribution in [1.82, 2.24) is 4.90 Å². The summed E-state index contributed by atoms with van der Waals surface area (Å²) in [5, 5.41) is 0. The van der Waals surface area contributed by atoms with E-state index in [0.29, 0.717) is 18.1 Å². The van der Waals surface area contributed by atoms with Crippen LogP contribution in [0.4, 0.5) is 0 Å². The number of hydrogen-bond acceptors (Lipinski definition) is 2. The summed E-state index contributed by atoms with van der Waals surface area (Å²) in [6, 6.07) is 8.05. The van der Waals surface area contributed by atoms with Crippen molar-refractivity contribution in [3.05, 3.63) is 35.4 Å². The van der Waals surface area contributed by atoms with Crippen LogP contribution in [0.25, 0.3) is 0 Å². The minimum absolute atomic E-state index is 0.313. The van der Waals surface area contributed by atoms with E-state index in [9.17, 15) is 4.79 Å². The summed E-state index contributed by atoms with van der Waals surface area (Å²) >= 11 is 0. The molecule has 0 fully saturated rings. The highest BCUT2D eigenvalue weighted by molar-refractivity contribution is 6.01. The van der Waals surface area contributed by atoms with Gasteiger partial charge in [-0.25, -0.2) is 0 Å². The van der Waals surface area contributed by atoms with Crippen LogP contribution >= 0.6 is 0 Å². The molecule has 1 aromatic rings. The van der Waals surface area contributed by atoms with Crippen molar-refractivity contribution in [1.29, 1.82) is 0 Å². The Morgan fingerprint density at radius 3 is 2.62 bits per heavy atom. The van der Waals surface area contributed by atoms with E-state index in [-0.39, 0.29) is 0 Å². The molecule has 1 aliphatic rings. The SMILES string of the molecule is CCN(CC)C[C@H]1CC(=O)c2ccccc21. The average Bonchev–Trinajstić information content (AvgIpc) is 2.64. The van der Waals surface area contributed by atoms with Crippen LogP contribution in [0.1, 0.15) is 42.1 Å². The molecule has 2 rings (SSSR count). The van der Waals surface area contributed by atoms with Crippen LogP contribution in [0, 0.1) is 0 Å². The third-order valence-electron chi connectivity index (χ3n) is 3.51. The van der Waals surface area contributed by atoms with Crippen LogP contribution in [-0.4, -0.2) is 30.3 Å². The van der Waals surface area contributed by atoms with Gasteiger partial charge in [0.2, 0.25) is 0 Å². The summed E-state index contributed by atoms with van der Waals surface area (Å²) in [6.45, 7) is 7.47. The third kappa shape index (κ3) is 2.03. The number of nitrogens with zero attached hydrogens (tertiary/aromatic N) is 1. The molecule has 0 bridgehead atoms. The number of Topliss-reactive ketones (excluding diaryl/α,β-unsaturated/α-hetero) is 1. The molecular weight excluding hydrogens is 198 g/mol. The second-order valence-corrected chi connectivity index (χ2v) is 4.40. The predicted octanol–water partition coefficient (Wildman–Crippen LogP) is 2.70. The minimum atomic E-state index is 0.313. The van der Waals surface area contributed by atoms with Crippen molar-refractivity contribution < 1.29 is 4.79 Å². The van der Waals surface area contributed by atoms with Gasteiger partial charge in [-0.2, -0.15) is 0 Å². The van der Waals surface area contributed by atoms with Crippen LogP contribution in [-0.2, 0) is 0 Å². The molecule has 0 heterocycles. The summed E-state index contributed by atoms with van der Waals surface area (Å²) in [4.78, 5) is 14.2. The van der Waals surface area contributed by atoms with Crippen molar-refractivity contribution in [2.45, 2.75) is 26.2 Å². The summed E-state index contributed by atoms with van der Waals surface area (Å²) in [5.74, 6) is 0.719. The van der Waals surface area contributed by atoms with E-state index in [0.717, 1.165) is 25.2 Å². The predicted molar refractivity (Wildman–Crippen MR) is 65.9 cm³/mol. The molecule has 0 aliphatic heterocycles. The topological polar surface area (TPSA) is 20.3 Å². The molecule has 1 aromatic carbocycles. The van der Waals surface area contributed by atoms with Crippen molar-refractivity contribution >= 4 is 5.78 Å². The highest BCUT2D eigenvalue weighted by Gasteiger charge is 2.29. The molecule has 0 saturated heterocycles. The molecule has 2 heteroatoms. The Balaban J connectivity index is 2.17. The highest BCUT2D eigenvalue weighted by Crippen LogP contribution is 2.33. The first-order valence-electron chi connectivity index (χ1n) is 6.10. The normalized spacial score (nSPS) is 19.2. The second-order valence-electron chi connectivity index (χ2n) is 4.40. The quantitative estimate of drug-likeness (QED) is 0.773. The Kier molecular flexibility index (Phi) is 3.39. The maximum absolute atomic E-state index is 11.8. The average molecular weight is 217 g/mol. The fourth-order valence-electron chi connectivity index (χ4n) is 2.51. The molecule has 0 N–H and O–H groups in total. The lowest BCUT2D eigenvalue weighted by molar-refractivity contribution is 0.0984. The van der Waals surface area contributed by atoms with Crippen LogP contribution in [0.3, 0.4) is 0 Å². The molecule has 2 nitrogen and oxygen atoms in total. The first-order valence-corrected chi connectivity index (χ1v) is 6.10. The molecule has 0 aromatic heterocycles. The number of likely N-dealkylation sites (N-methyl/N-ethyl adjacent to an activating group) is 1. The number of carbonyl (C=O) groups is 1. The minimum Gasteiger partial charge on any atom is -0.303 e. The fourth-order valence-corrected chi connectivity index (χ4v) is 2.51. The summed E-state index contributed by atoms with van der Waals surface area (Å²) in [6.07, 6.45) is 0.690. The zero-order chi connectivity index (χ0) is 11.5. The van der Waals surface area contributed by atoms with Crippen LogP contribution < -0.4 is 0 Å². The number of rotatable bonds is 4. The fraction of sp³-hybridized carbons (Fsp3) is 0.500. The van der Waals surface area contributed by atoms with Gasteiger partial charge in [0.1, 0.15) is 0 Å². The molecule has 0 amide bonds. The summed E-state index contributed by atoms with van der Waals surface area (Å²) < 4.78 is 0. The van der Waals surface area contributed by atoms with Crippen molar-refractivity contribution in [3.8, 4) is 0 Å². The van der Waals surface area contributed by atoms with Crippen LogP contribution in [0.5, 0.6) is 0 Å². The molecule has 0 spiro atoms. The van der Waals surface area contributed by atoms with Gasteiger partial charge in [0, 0.05) is 24.4 Å². The van der Waals surface area contributed by atoms with Gasteiger partial charge in [0.05, 0.1) is 0 Å². The van der Waals surface area contributed by atoms with Crippen molar-refractivity contribution in [2.24, 2.45) is 0 Å². The Labute approximate surface area is 97.3 Å². The Hall–Kier alpha value is -1.15. The van der Waals surface area contributed by atoms with Gasteiger partial charge in [0.15, 0.2) is 5.78 Å². The number of carbonyl (C=O) groups excluding carboxylic acids is 1. The van der Waals surface area contributed by atoms with Gasteiger partial charge >= 0.3 is 0 Å². The van der Waals surface area contributed by atoms with Gasteiger partial charge in [-0.05, 0) is 18.7 Å². The van der Waals surface area contributed by atoms with Crippen molar-refractivity contribution in [3.63, 3.8) is 0 Å². The zero-order valence-electron chi connectivity index (χ0n) is 10.1. The van der Waals surface area contributed by atoms with Crippen LogP contribution in [0.2, 0.25) is 0 Å². The van der Waals surface area contributed by atoms with E-state index in [1.807, 2.05) is 18.2 Å². The van der Waals surface area contributed by atoms with E-state index < -0.39 is 0 Å².